The van der Waals surface area contributed by atoms with Gasteiger partial charge in [0.05, 0.1) is 0 Å². The van der Waals surface area contributed by atoms with Crippen LogP contribution >= 0.6 is 5.47 Å². The highest BCUT2D eigenvalue weighted by molar-refractivity contribution is 8.24. The third-order valence-corrected chi connectivity index (χ3v) is 0. The maximum atomic E-state index is 4.50. The van der Waals surface area contributed by atoms with Gasteiger partial charge in [0.15, 0.2) is 0 Å². The van der Waals surface area contributed by atoms with E-state index in [1.165, 1.54) is 0 Å². The van der Waals surface area contributed by atoms with Gasteiger partial charge in [-0.25, -0.2) is 0 Å². The molecule has 24 valence electrons. The van der Waals surface area contributed by atoms with Crippen LogP contribution in [0.3, 0.4) is 0 Å². The minimum absolute atomic E-state index is 0.454. The lowest BCUT2D eigenvalue weighted by molar-refractivity contribution is 2.51. The predicted molar refractivity (Wildman–Crippen MR) is 27.6 cm³/mol. The third kappa shape index (κ3) is 15.1. The second-order valence-corrected chi connectivity index (χ2v) is 5.30. The van der Waals surface area contributed by atoms with Gasteiger partial charge in [-0.15, -0.1) is 0 Å². The molecule has 0 rings (SSSR count). The molecule has 0 heterocycles. The van der Waals surface area contributed by atoms with E-state index >= 15 is 0 Å². The van der Waals surface area contributed by atoms with Crippen molar-refractivity contribution < 1.29 is 0 Å². The van der Waals surface area contributed by atoms with E-state index in [1.807, 2.05) is 6.66 Å². The Labute approximate surface area is 36.3 Å². The van der Waals surface area contributed by atoms with Crippen molar-refractivity contribution in [3.05, 3.63) is 0 Å². The van der Waals surface area contributed by atoms with E-state index in [2.05, 4.69) is 23.6 Å². The summed E-state index contributed by atoms with van der Waals surface area (Å²) in [5.74, 6) is 0. The Kier molecular flexibility index (Phi) is 2.38. The lowest BCUT2D eigenvalue weighted by atomic mass is 12.0. The predicted octanol–water partition coefficient (Wildman–Crippen LogP) is 1.02. The van der Waals surface area contributed by atoms with Crippen LogP contribution in [0, 0.1) is 0 Å². The van der Waals surface area contributed by atoms with Crippen LogP contribution < -0.4 is 0 Å². The van der Waals surface area contributed by atoms with Gasteiger partial charge in [0, 0.05) is 5.47 Å². The van der Waals surface area contributed by atoms with Gasteiger partial charge in [-0.2, -0.15) is 0 Å². The van der Waals surface area contributed by atoms with Gasteiger partial charge in [-0.3, -0.25) is 0 Å². The summed E-state index contributed by atoms with van der Waals surface area (Å²) in [4.78, 5) is 0. The van der Waals surface area contributed by atoms with Crippen LogP contribution in [-0.2, 0) is 23.6 Å². The van der Waals surface area contributed by atoms with Gasteiger partial charge in [0.1, 0.15) is 0 Å². The molecule has 0 atom stereocenters. The largest absolute Gasteiger partial charge is 0.0511 e. The molecule has 0 aliphatic carbocycles. The van der Waals surface area contributed by atoms with Crippen molar-refractivity contribution in [2.45, 2.75) is 0 Å². The monoisotopic (exact) mass is 110 g/mol. The summed E-state index contributed by atoms with van der Waals surface area (Å²) in [6, 6.07) is 0. The second kappa shape index (κ2) is 2.01. The van der Waals surface area contributed by atoms with Gasteiger partial charge >= 0.3 is 0 Å². The Bertz CT molecular complexity index is 54.4. The first-order chi connectivity index (χ1) is 1.73. The van der Waals surface area contributed by atoms with E-state index in [4.69, 9.17) is 0 Å². The molecular weight excluding hydrogens is 107 g/mol. The Morgan fingerprint density at radius 1 is 1.50 bits per heavy atom. The highest BCUT2D eigenvalue weighted by Gasteiger charge is 1.40. The van der Waals surface area contributed by atoms with Crippen molar-refractivity contribution in [1.82, 2.24) is 0 Å². The molecule has 0 saturated carbocycles. The Balaban J connectivity index is 3.51. The first-order valence-corrected chi connectivity index (χ1v) is 4.63. The van der Waals surface area contributed by atoms with Gasteiger partial charge in [-0.05, 0) is 6.66 Å². The topological polar surface area (TPSA) is 0 Å². The zero-order chi connectivity index (χ0) is 3.58. The molecule has 0 unspecified atom stereocenters. The van der Waals surface area contributed by atoms with Crippen LogP contribution in [0.5, 0.6) is 0 Å². The second-order valence-electron chi connectivity index (χ2n) is 0.440. The summed E-state index contributed by atoms with van der Waals surface area (Å²) in [6.45, 7) is 1.86. The third-order valence-electron chi connectivity index (χ3n) is 0. The Morgan fingerprint density at radius 2 is 1.50 bits per heavy atom. The van der Waals surface area contributed by atoms with Crippen molar-refractivity contribution in [3.8, 4) is 0 Å². The summed E-state index contributed by atoms with van der Waals surface area (Å²) in [7, 11) is 0. The molecule has 3 heteroatoms. The van der Waals surface area contributed by atoms with Crippen LogP contribution in [0.4, 0.5) is 0 Å². The van der Waals surface area contributed by atoms with E-state index in [9.17, 15) is 0 Å². The fraction of sp³-hybridized carbons (Fsp3) is 1.00. The van der Waals surface area contributed by atoms with Crippen molar-refractivity contribution >= 4 is 29.1 Å². The molecule has 0 aliphatic rings. The minimum Gasteiger partial charge on any atom is -0.0511 e. The maximum absolute atomic E-state index is 4.50. The van der Waals surface area contributed by atoms with Gasteiger partial charge in [0.2, 0.25) is 0 Å². The molecule has 0 amide bonds. The van der Waals surface area contributed by atoms with Crippen molar-refractivity contribution in [2.75, 3.05) is 6.66 Å². The lowest BCUT2D eigenvalue weighted by Gasteiger charge is -1.42. The molecule has 0 radical (unpaired) electrons. The van der Waals surface area contributed by atoms with E-state index in [0.717, 1.165) is 0 Å². The van der Waals surface area contributed by atoms with Crippen LogP contribution in [0.25, 0.3) is 0 Å². The zero-order valence-corrected chi connectivity index (χ0v) is 4.79. The maximum Gasteiger partial charge on any atom is 0.00714 e. The van der Waals surface area contributed by atoms with Crippen LogP contribution in [0.1, 0.15) is 0 Å². The summed E-state index contributed by atoms with van der Waals surface area (Å²) in [5.41, 5.74) is -0.454. The normalized spacial score (nSPS) is 6.25. The molecule has 0 nitrogen and oxygen atoms in total. The standard InChI is InChI=1S/CH3PS2/c1-2(3)4/h1H3. The molecule has 0 N–H and O–H groups in total. The van der Waals surface area contributed by atoms with Gasteiger partial charge in [-0.1, -0.05) is 23.6 Å². The van der Waals surface area contributed by atoms with Crippen molar-refractivity contribution in [3.63, 3.8) is 0 Å². The summed E-state index contributed by atoms with van der Waals surface area (Å²) >= 11 is 9.00. The first-order valence-electron chi connectivity index (χ1n) is 0.812. The van der Waals surface area contributed by atoms with Crippen LogP contribution in [-0.4, -0.2) is 6.66 Å². The molecular formula is CH3PS2. The summed E-state index contributed by atoms with van der Waals surface area (Å²) < 4.78 is 0. The van der Waals surface area contributed by atoms with E-state index in [-0.39, 0.29) is 0 Å². The number of hydrogen-bond acceptors (Lipinski definition) is 2. The fourth-order valence-corrected chi connectivity index (χ4v) is 0. The highest BCUT2D eigenvalue weighted by atomic mass is 32.7. The van der Waals surface area contributed by atoms with E-state index < -0.39 is 5.47 Å². The summed E-state index contributed by atoms with van der Waals surface area (Å²) in [6.07, 6.45) is 0. The highest BCUT2D eigenvalue weighted by Crippen LogP contribution is 1.88. The van der Waals surface area contributed by atoms with E-state index in [0.29, 0.717) is 0 Å². The molecule has 0 aromatic carbocycles. The minimum atomic E-state index is -0.454. The van der Waals surface area contributed by atoms with Gasteiger partial charge < -0.3 is 0 Å². The van der Waals surface area contributed by atoms with Crippen LogP contribution in [0.15, 0.2) is 0 Å². The number of rotatable bonds is 0. The SMILES string of the molecule is CP(=S)=S. The van der Waals surface area contributed by atoms with Crippen molar-refractivity contribution in [1.29, 1.82) is 0 Å². The molecule has 0 bridgehead atoms. The smallest absolute Gasteiger partial charge is 0.00714 e. The first kappa shape index (κ1) is 4.74. The van der Waals surface area contributed by atoms with Crippen LogP contribution in [0.2, 0.25) is 0 Å². The Morgan fingerprint density at radius 3 is 1.50 bits per heavy atom. The molecule has 4 heavy (non-hydrogen) atoms. The molecule has 0 saturated heterocycles. The average molecular weight is 110 g/mol. The molecule has 0 fully saturated rings. The molecule has 0 aromatic rings. The van der Waals surface area contributed by atoms with Gasteiger partial charge in [0.25, 0.3) is 0 Å². The fourth-order valence-electron chi connectivity index (χ4n) is 0. The summed E-state index contributed by atoms with van der Waals surface area (Å²) in [5, 5.41) is 0. The number of hydrogen-bond donors (Lipinski definition) is 0. The van der Waals surface area contributed by atoms with Crippen molar-refractivity contribution in [2.24, 2.45) is 0 Å². The quantitative estimate of drug-likeness (QED) is 0.427. The molecule has 0 aliphatic heterocycles. The molecule has 0 aromatic heterocycles. The zero-order valence-electron chi connectivity index (χ0n) is 2.26. The van der Waals surface area contributed by atoms with E-state index in [1.54, 1.807) is 0 Å². The Hall–Kier alpha value is 0.740. The average Bonchev–Trinajstić information content (AvgIpc) is 0.811. The molecule has 0 spiro atoms. The lowest BCUT2D eigenvalue weighted by Crippen LogP contribution is -1.12.